The molecule has 0 bridgehead atoms. The zero-order valence-corrected chi connectivity index (χ0v) is 16.4. The van der Waals surface area contributed by atoms with Gasteiger partial charge in [0, 0.05) is 49.7 Å². The van der Waals surface area contributed by atoms with Gasteiger partial charge in [0.2, 0.25) is 5.92 Å². The van der Waals surface area contributed by atoms with Crippen molar-refractivity contribution < 1.29 is 18.3 Å². The first kappa shape index (κ1) is 20.3. The Balaban J connectivity index is 1.72. The molecule has 0 radical (unpaired) electrons. The number of alkyl halides is 2. The van der Waals surface area contributed by atoms with Crippen LogP contribution < -0.4 is 0 Å². The van der Waals surface area contributed by atoms with E-state index in [0.29, 0.717) is 55.9 Å². The fourth-order valence-corrected chi connectivity index (χ4v) is 4.13. The number of pyridine rings is 1. The average molecular weight is 398 g/mol. The molecule has 0 amide bonds. The van der Waals surface area contributed by atoms with Crippen molar-refractivity contribution in [3.63, 3.8) is 0 Å². The third kappa shape index (κ3) is 4.88. The van der Waals surface area contributed by atoms with Gasteiger partial charge in [-0.05, 0) is 50.3 Å². The number of fused-ring (bicyclic) bond motifs is 1. The van der Waals surface area contributed by atoms with Crippen LogP contribution in [-0.4, -0.2) is 29.3 Å². The van der Waals surface area contributed by atoms with E-state index in [1.165, 1.54) is 0 Å². The number of Topliss-reactive ketones (excluding diaryl/α,β-unsaturated/α-hetero) is 1. The molecule has 0 unspecified atom stereocenters. The van der Waals surface area contributed by atoms with Crippen LogP contribution >= 0.6 is 11.6 Å². The highest BCUT2D eigenvalue weighted by atomic mass is 35.5. The van der Waals surface area contributed by atoms with Gasteiger partial charge in [-0.25, -0.2) is 8.78 Å². The molecular formula is C21H26ClF2NO2. The van der Waals surface area contributed by atoms with E-state index in [4.69, 9.17) is 16.3 Å². The van der Waals surface area contributed by atoms with E-state index in [2.05, 4.69) is 0 Å². The number of aromatic nitrogens is 1. The van der Waals surface area contributed by atoms with Gasteiger partial charge in [-0.15, -0.1) is 0 Å². The van der Waals surface area contributed by atoms with Gasteiger partial charge in [-0.3, -0.25) is 4.79 Å². The second-order valence-corrected chi connectivity index (χ2v) is 7.74. The molecule has 0 spiro atoms. The lowest BCUT2D eigenvalue weighted by Crippen LogP contribution is -2.24. The van der Waals surface area contributed by atoms with Gasteiger partial charge in [0.15, 0.2) is 5.78 Å². The van der Waals surface area contributed by atoms with Crippen LogP contribution in [0.4, 0.5) is 8.78 Å². The number of nitrogens with zero attached hydrogens (tertiary/aromatic N) is 1. The number of carbonyl (C=O) groups is 1. The second kappa shape index (κ2) is 8.70. The van der Waals surface area contributed by atoms with Crippen LogP contribution in [-0.2, 0) is 11.2 Å². The van der Waals surface area contributed by atoms with E-state index in [-0.39, 0.29) is 24.5 Å². The van der Waals surface area contributed by atoms with Gasteiger partial charge in [-0.1, -0.05) is 11.6 Å². The number of carbonyl (C=O) groups excluding carboxylic acids is 1. The molecule has 1 aliphatic rings. The van der Waals surface area contributed by atoms with Crippen LogP contribution in [0.5, 0.6) is 0 Å². The summed E-state index contributed by atoms with van der Waals surface area (Å²) in [5.74, 6) is -2.29. The number of hydrogen-bond acceptors (Lipinski definition) is 2. The maximum absolute atomic E-state index is 13.3. The summed E-state index contributed by atoms with van der Waals surface area (Å²) in [5, 5.41) is 0.542. The lowest BCUT2D eigenvalue weighted by atomic mass is 9.83. The topological polar surface area (TPSA) is 30.7 Å². The quantitative estimate of drug-likeness (QED) is 0.406. The summed E-state index contributed by atoms with van der Waals surface area (Å²) in [6.45, 7) is 3.18. The minimum absolute atomic E-state index is 0.0283. The van der Waals surface area contributed by atoms with Gasteiger partial charge in [-0.2, -0.15) is 0 Å². The predicted molar refractivity (Wildman–Crippen MR) is 103 cm³/mol. The molecule has 2 aromatic rings. The first-order chi connectivity index (χ1) is 12.9. The second-order valence-electron chi connectivity index (χ2n) is 7.33. The lowest BCUT2D eigenvalue weighted by Gasteiger charge is -2.27. The predicted octanol–water partition coefficient (Wildman–Crippen LogP) is 5.96. The molecule has 2 aromatic heterocycles. The molecule has 2 heterocycles. The Kier molecular flexibility index (Phi) is 6.53. The highest BCUT2D eigenvalue weighted by Crippen LogP contribution is 2.38. The molecule has 0 atom stereocenters. The summed E-state index contributed by atoms with van der Waals surface area (Å²) >= 11 is 6.37. The molecule has 1 aliphatic carbocycles. The first-order valence-corrected chi connectivity index (χ1v) is 10.1. The van der Waals surface area contributed by atoms with Crippen molar-refractivity contribution in [3.05, 3.63) is 40.7 Å². The van der Waals surface area contributed by atoms with E-state index in [9.17, 15) is 13.6 Å². The standard InChI is InChI=1S/C21H26ClF2NO2/c1-2-27-13-9-16-14-17(20-18(22)4-3-12-25(16)20)19(26)6-5-15-7-10-21(23,24)11-8-15/h3-4,12,14-15H,2,5-11,13H2,1H3. The summed E-state index contributed by atoms with van der Waals surface area (Å²) in [5.41, 5.74) is 2.33. The minimum atomic E-state index is -2.53. The van der Waals surface area contributed by atoms with E-state index < -0.39 is 5.92 Å². The number of halogens is 3. The number of rotatable bonds is 8. The highest BCUT2D eigenvalue weighted by Gasteiger charge is 2.34. The molecule has 27 heavy (non-hydrogen) atoms. The molecule has 0 N–H and O–H groups in total. The summed E-state index contributed by atoms with van der Waals surface area (Å²) in [7, 11) is 0. The molecule has 1 saturated carbocycles. The Hall–Kier alpha value is -1.46. The molecule has 3 rings (SSSR count). The zero-order valence-electron chi connectivity index (χ0n) is 15.6. The molecule has 0 aromatic carbocycles. The van der Waals surface area contributed by atoms with Crippen LogP contribution in [0.3, 0.4) is 0 Å². The summed E-state index contributed by atoms with van der Waals surface area (Å²) in [6, 6.07) is 5.54. The average Bonchev–Trinajstić information content (AvgIpc) is 3.01. The molecule has 0 saturated heterocycles. The van der Waals surface area contributed by atoms with Crippen LogP contribution in [0.25, 0.3) is 5.52 Å². The maximum Gasteiger partial charge on any atom is 0.248 e. The number of ketones is 1. The van der Waals surface area contributed by atoms with Gasteiger partial charge in [0.25, 0.3) is 0 Å². The van der Waals surface area contributed by atoms with E-state index in [0.717, 1.165) is 11.2 Å². The molecule has 148 valence electrons. The smallest absolute Gasteiger partial charge is 0.248 e. The third-order valence-corrected chi connectivity index (χ3v) is 5.75. The zero-order chi connectivity index (χ0) is 19.4. The van der Waals surface area contributed by atoms with Crippen molar-refractivity contribution in [1.29, 1.82) is 0 Å². The van der Waals surface area contributed by atoms with Crippen molar-refractivity contribution >= 4 is 22.9 Å². The Morgan fingerprint density at radius 1 is 1.37 bits per heavy atom. The normalized spacial score (nSPS) is 17.5. The van der Waals surface area contributed by atoms with Gasteiger partial charge < -0.3 is 9.14 Å². The minimum Gasteiger partial charge on any atom is -0.381 e. The maximum atomic E-state index is 13.3. The van der Waals surface area contributed by atoms with Gasteiger partial charge in [0.05, 0.1) is 17.1 Å². The van der Waals surface area contributed by atoms with E-state index >= 15 is 0 Å². The van der Waals surface area contributed by atoms with Crippen molar-refractivity contribution in [2.45, 2.75) is 57.8 Å². The van der Waals surface area contributed by atoms with Crippen molar-refractivity contribution in [2.24, 2.45) is 5.92 Å². The van der Waals surface area contributed by atoms with Crippen molar-refractivity contribution in [2.75, 3.05) is 13.2 Å². The Bertz CT molecular complexity index is 793. The van der Waals surface area contributed by atoms with Crippen LogP contribution in [0.15, 0.2) is 24.4 Å². The van der Waals surface area contributed by atoms with Gasteiger partial charge >= 0.3 is 0 Å². The van der Waals surface area contributed by atoms with Crippen LogP contribution in [0.2, 0.25) is 5.02 Å². The Labute approximate surface area is 163 Å². The van der Waals surface area contributed by atoms with E-state index in [1.54, 1.807) is 6.07 Å². The van der Waals surface area contributed by atoms with Crippen LogP contribution in [0.1, 0.15) is 61.5 Å². The largest absolute Gasteiger partial charge is 0.381 e. The van der Waals surface area contributed by atoms with Crippen LogP contribution in [0, 0.1) is 5.92 Å². The lowest BCUT2D eigenvalue weighted by molar-refractivity contribution is -0.0464. The van der Waals surface area contributed by atoms with Crippen molar-refractivity contribution in [1.82, 2.24) is 4.40 Å². The summed E-state index contributed by atoms with van der Waals surface area (Å²) in [4.78, 5) is 12.9. The van der Waals surface area contributed by atoms with Crippen molar-refractivity contribution in [3.8, 4) is 0 Å². The number of ether oxygens (including phenoxy) is 1. The molecule has 6 heteroatoms. The molecule has 1 fully saturated rings. The fraction of sp³-hybridized carbons (Fsp3) is 0.571. The third-order valence-electron chi connectivity index (χ3n) is 5.44. The molecule has 0 aliphatic heterocycles. The Morgan fingerprint density at radius 2 is 2.11 bits per heavy atom. The van der Waals surface area contributed by atoms with Gasteiger partial charge in [0.1, 0.15) is 0 Å². The Morgan fingerprint density at radius 3 is 2.81 bits per heavy atom. The highest BCUT2D eigenvalue weighted by molar-refractivity contribution is 6.35. The van der Waals surface area contributed by atoms with E-state index in [1.807, 2.05) is 29.7 Å². The molecular weight excluding hydrogens is 372 g/mol. The number of hydrogen-bond donors (Lipinski definition) is 0. The fourth-order valence-electron chi connectivity index (χ4n) is 3.87. The summed E-state index contributed by atoms with van der Waals surface area (Å²) in [6.07, 6.45) is 4.50. The monoisotopic (exact) mass is 397 g/mol. The first-order valence-electron chi connectivity index (χ1n) is 9.68. The SMILES string of the molecule is CCOCCc1cc(C(=O)CCC2CCC(F)(F)CC2)c2c(Cl)cccn12. The summed E-state index contributed by atoms with van der Waals surface area (Å²) < 4.78 is 34.0. The molecule has 3 nitrogen and oxygen atoms in total.